The molecule has 4 nitrogen and oxygen atoms in total. The van der Waals surface area contributed by atoms with E-state index in [-0.39, 0.29) is 0 Å². The van der Waals surface area contributed by atoms with Crippen LogP contribution in [0, 0.1) is 0 Å². The summed E-state index contributed by atoms with van der Waals surface area (Å²) in [6.07, 6.45) is 6.11. The van der Waals surface area contributed by atoms with E-state index in [2.05, 4.69) is 44.2 Å². The number of nitrogens with zero attached hydrogens (tertiary/aromatic N) is 3. The Bertz CT molecular complexity index is 895. The lowest BCUT2D eigenvalue weighted by atomic mass is 10.1. The van der Waals surface area contributed by atoms with Gasteiger partial charge in [-0.3, -0.25) is 4.98 Å². The Labute approximate surface area is 115 Å². The predicted octanol–water partition coefficient (Wildman–Crippen LogP) is 3.10. The van der Waals surface area contributed by atoms with E-state index in [1.807, 2.05) is 24.5 Å². The van der Waals surface area contributed by atoms with Gasteiger partial charge in [0.2, 0.25) is 0 Å². The number of H-pyrrole nitrogens is 1. The highest BCUT2D eigenvalue weighted by atomic mass is 14.9. The summed E-state index contributed by atoms with van der Waals surface area (Å²) in [5, 5.41) is 2.24. The monoisotopic (exact) mass is 260 g/mol. The number of hydrogen-bond acceptors (Lipinski definition) is 3. The second kappa shape index (κ2) is 4.42. The van der Waals surface area contributed by atoms with Gasteiger partial charge < -0.3 is 4.98 Å². The number of fused-ring (bicyclic) bond motifs is 2. The zero-order chi connectivity index (χ0) is 13.4. The van der Waals surface area contributed by atoms with Crippen LogP contribution in [0.2, 0.25) is 0 Å². The largest absolute Gasteiger partial charge is 0.346 e. The standard InChI is InChI=1S/C16H12N4/c1-2-12-8-11(3-4-14(12)17-6-1)9-15-13-5-7-18-16(13)20-10-19-15/h1-8,10H,9H2,(H,18,19,20). The molecule has 0 aliphatic carbocycles. The first-order chi connectivity index (χ1) is 9.90. The molecule has 0 radical (unpaired) electrons. The van der Waals surface area contributed by atoms with Crippen molar-refractivity contribution in [2.45, 2.75) is 6.42 Å². The van der Waals surface area contributed by atoms with E-state index >= 15 is 0 Å². The molecule has 3 heterocycles. The van der Waals surface area contributed by atoms with Crippen LogP contribution in [0.1, 0.15) is 11.3 Å². The first kappa shape index (κ1) is 11.1. The quantitative estimate of drug-likeness (QED) is 0.602. The minimum absolute atomic E-state index is 0.793. The van der Waals surface area contributed by atoms with Crippen molar-refractivity contribution in [2.24, 2.45) is 0 Å². The minimum Gasteiger partial charge on any atom is -0.346 e. The van der Waals surface area contributed by atoms with E-state index < -0.39 is 0 Å². The van der Waals surface area contributed by atoms with Gasteiger partial charge in [0.1, 0.15) is 12.0 Å². The van der Waals surface area contributed by atoms with Gasteiger partial charge in [0.15, 0.2) is 0 Å². The molecule has 0 fully saturated rings. The molecule has 0 amide bonds. The van der Waals surface area contributed by atoms with Crippen LogP contribution < -0.4 is 0 Å². The Morgan fingerprint density at radius 1 is 1.00 bits per heavy atom. The Hall–Kier alpha value is -2.75. The smallest absolute Gasteiger partial charge is 0.140 e. The Morgan fingerprint density at radius 3 is 3.00 bits per heavy atom. The lowest BCUT2D eigenvalue weighted by Gasteiger charge is -2.04. The van der Waals surface area contributed by atoms with Gasteiger partial charge in [-0.1, -0.05) is 12.1 Å². The van der Waals surface area contributed by atoms with Crippen LogP contribution in [-0.2, 0) is 6.42 Å². The van der Waals surface area contributed by atoms with Crippen molar-refractivity contribution in [2.75, 3.05) is 0 Å². The number of rotatable bonds is 2. The normalized spacial score (nSPS) is 11.2. The number of aromatic amines is 1. The van der Waals surface area contributed by atoms with Gasteiger partial charge in [0.05, 0.1) is 11.2 Å². The van der Waals surface area contributed by atoms with Crippen molar-refractivity contribution in [3.05, 3.63) is 66.4 Å². The van der Waals surface area contributed by atoms with Crippen LogP contribution in [0.5, 0.6) is 0 Å². The van der Waals surface area contributed by atoms with Crippen molar-refractivity contribution in [3.63, 3.8) is 0 Å². The van der Waals surface area contributed by atoms with Crippen molar-refractivity contribution >= 4 is 21.9 Å². The van der Waals surface area contributed by atoms with Gasteiger partial charge in [-0.05, 0) is 29.8 Å². The lowest BCUT2D eigenvalue weighted by Crippen LogP contribution is -1.94. The van der Waals surface area contributed by atoms with Gasteiger partial charge in [-0.15, -0.1) is 0 Å². The molecule has 0 saturated carbocycles. The van der Waals surface area contributed by atoms with E-state index in [9.17, 15) is 0 Å². The van der Waals surface area contributed by atoms with Crippen molar-refractivity contribution in [1.82, 2.24) is 19.9 Å². The zero-order valence-corrected chi connectivity index (χ0v) is 10.7. The molecule has 0 atom stereocenters. The first-order valence-electron chi connectivity index (χ1n) is 6.51. The first-order valence-corrected chi connectivity index (χ1v) is 6.51. The number of benzene rings is 1. The topological polar surface area (TPSA) is 54.5 Å². The maximum atomic E-state index is 4.41. The molecular weight excluding hydrogens is 248 g/mol. The lowest BCUT2D eigenvalue weighted by molar-refractivity contribution is 1.06. The molecule has 0 spiro atoms. The predicted molar refractivity (Wildman–Crippen MR) is 78.4 cm³/mol. The number of aromatic nitrogens is 4. The van der Waals surface area contributed by atoms with Gasteiger partial charge in [-0.2, -0.15) is 0 Å². The Morgan fingerprint density at radius 2 is 2.00 bits per heavy atom. The molecule has 96 valence electrons. The van der Waals surface area contributed by atoms with Crippen molar-refractivity contribution in [1.29, 1.82) is 0 Å². The Balaban J connectivity index is 1.78. The highest BCUT2D eigenvalue weighted by Gasteiger charge is 2.06. The summed E-state index contributed by atoms with van der Waals surface area (Å²) in [5.74, 6) is 0. The third-order valence-corrected chi connectivity index (χ3v) is 3.48. The molecule has 0 saturated heterocycles. The molecule has 0 bridgehead atoms. The molecule has 0 unspecified atom stereocenters. The molecular formula is C16H12N4. The van der Waals surface area contributed by atoms with Crippen LogP contribution in [0.3, 0.4) is 0 Å². The molecule has 20 heavy (non-hydrogen) atoms. The average Bonchev–Trinajstić information content (AvgIpc) is 2.97. The summed E-state index contributed by atoms with van der Waals surface area (Å²) < 4.78 is 0. The summed E-state index contributed by atoms with van der Waals surface area (Å²) in [6, 6.07) is 12.4. The average molecular weight is 260 g/mol. The molecule has 1 aromatic carbocycles. The van der Waals surface area contributed by atoms with Gasteiger partial charge in [-0.25, -0.2) is 9.97 Å². The van der Waals surface area contributed by atoms with Crippen LogP contribution in [0.4, 0.5) is 0 Å². The summed E-state index contributed by atoms with van der Waals surface area (Å²) in [4.78, 5) is 16.1. The molecule has 4 aromatic rings. The summed E-state index contributed by atoms with van der Waals surface area (Å²) in [6.45, 7) is 0. The molecule has 0 aliphatic rings. The summed E-state index contributed by atoms with van der Waals surface area (Å²) >= 11 is 0. The van der Waals surface area contributed by atoms with Crippen LogP contribution in [-0.4, -0.2) is 19.9 Å². The maximum absolute atomic E-state index is 4.41. The van der Waals surface area contributed by atoms with Crippen LogP contribution in [0.25, 0.3) is 21.9 Å². The number of nitrogens with one attached hydrogen (secondary N) is 1. The Kier molecular flexibility index (Phi) is 2.45. The molecule has 4 rings (SSSR count). The zero-order valence-electron chi connectivity index (χ0n) is 10.7. The van der Waals surface area contributed by atoms with E-state index in [4.69, 9.17) is 0 Å². The summed E-state index contributed by atoms with van der Waals surface area (Å²) in [5.41, 5.74) is 4.18. The molecule has 1 N–H and O–H groups in total. The van der Waals surface area contributed by atoms with Gasteiger partial charge in [0, 0.05) is 29.6 Å². The van der Waals surface area contributed by atoms with Gasteiger partial charge >= 0.3 is 0 Å². The van der Waals surface area contributed by atoms with Crippen molar-refractivity contribution in [3.8, 4) is 0 Å². The second-order valence-corrected chi connectivity index (χ2v) is 4.77. The number of pyridine rings is 1. The van der Waals surface area contributed by atoms with E-state index in [0.717, 1.165) is 34.1 Å². The number of hydrogen-bond donors (Lipinski definition) is 1. The van der Waals surface area contributed by atoms with E-state index in [1.54, 1.807) is 6.33 Å². The molecule has 0 aliphatic heterocycles. The SMILES string of the molecule is c1cnc2ccc(Cc3ncnc4[nH]ccc34)cc2c1. The highest BCUT2D eigenvalue weighted by Crippen LogP contribution is 2.19. The van der Waals surface area contributed by atoms with Crippen LogP contribution in [0.15, 0.2) is 55.1 Å². The van der Waals surface area contributed by atoms with Crippen LogP contribution >= 0.6 is 0 Å². The third-order valence-electron chi connectivity index (χ3n) is 3.48. The van der Waals surface area contributed by atoms with E-state index in [0.29, 0.717) is 0 Å². The minimum atomic E-state index is 0.793. The van der Waals surface area contributed by atoms with E-state index in [1.165, 1.54) is 5.56 Å². The van der Waals surface area contributed by atoms with Crippen molar-refractivity contribution < 1.29 is 0 Å². The highest BCUT2D eigenvalue weighted by molar-refractivity contribution is 5.80. The maximum Gasteiger partial charge on any atom is 0.140 e. The molecule has 3 aromatic heterocycles. The molecule has 4 heteroatoms. The second-order valence-electron chi connectivity index (χ2n) is 4.77. The van der Waals surface area contributed by atoms with Gasteiger partial charge in [0.25, 0.3) is 0 Å². The fourth-order valence-electron chi connectivity index (χ4n) is 2.50. The summed E-state index contributed by atoms with van der Waals surface area (Å²) in [7, 11) is 0. The third kappa shape index (κ3) is 1.82. The fraction of sp³-hybridized carbons (Fsp3) is 0.0625. The fourth-order valence-corrected chi connectivity index (χ4v) is 2.50.